The minimum absolute atomic E-state index is 0.0933. The second-order valence-electron chi connectivity index (χ2n) is 23.2. The first-order chi connectivity index (χ1) is 37.3. The molecule has 6 aromatic carbocycles. The van der Waals surface area contributed by atoms with Crippen LogP contribution < -0.4 is 28.4 Å². The summed E-state index contributed by atoms with van der Waals surface area (Å²) < 4.78 is 71.2. The molecule has 12 rings (SSSR count). The van der Waals surface area contributed by atoms with Crippen LogP contribution in [-0.2, 0) is 57.5 Å². The summed E-state index contributed by atoms with van der Waals surface area (Å²) in [7, 11) is 0. The first kappa shape index (κ1) is 51.6. The maximum atomic E-state index is 6.64. The second-order valence-corrected chi connectivity index (χ2v) is 23.2. The monoisotopic (exact) mass is 1040 g/mol. The highest BCUT2D eigenvalue weighted by Crippen LogP contribution is 2.43. The first-order valence-electron chi connectivity index (χ1n) is 27.5. The van der Waals surface area contributed by atoms with E-state index >= 15 is 0 Å². The molecule has 0 radical (unpaired) electrons. The van der Waals surface area contributed by atoms with Crippen molar-refractivity contribution in [1.82, 2.24) is 0 Å². The Morgan fingerprint density at radius 2 is 0.597 bits per heavy atom. The van der Waals surface area contributed by atoms with Gasteiger partial charge in [-0.05, 0) is 123 Å². The number of hydrogen-bond acceptors (Lipinski definition) is 12. The Balaban J connectivity index is 0.890. The van der Waals surface area contributed by atoms with E-state index in [9.17, 15) is 0 Å². The van der Waals surface area contributed by atoms with Crippen LogP contribution in [-0.4, -0.2) is 116 Å². The van der Waals surface area contributed by atoms with Gasteiger partial charge in [0.05, 0.1) is 39.6 Å². The highest BCUT2D eigenvalue weighted by Gasteiger charge is 2.34. The van der Waals surface area contributed by atoms with Crippen LogP contribution in [0.3, 0.4) is 0 Å². The third-order valence-electron chi connectivity index (χ3n) is 16.0. The van der Waals surface area contributed by atoms with Gasteiger partial charge in [-0.2, -0.15) is 0 Å². The number of benzene rings is 6. The number of rotatable bonds is 28. The lowest BCUT2D eigenvalue weighted by Crippen LogP contribution is -2.24. The van der Waals surface area contributed by atoms with Crippen LogP contribution in [0.25, 0.3) is 0 Å². The highest BCUT2D eigenvalue weighted by molar-refractivity contribution is 5.55. The van der Waals surface area contributed by atoms with E-state index < -0.39 is 5.41 Å². The third-order valence-corrected chi connectivity index (χ3v) is 16.0. The molecule has 0 bridgehead atoms. The Kier molecular flexibility index (Phi) is 14.5. The van der Waals surface area contributed by atoms with E-state index in [1.807, 2.05) is 0 Å². The van der Waals surface area contributed by atoms with Crippen molar-refractivity contribution in [3.63, 3.8) is 0 Å². The van der Waals surface area contributed by atoms with E-state index in [0.717, 1.165) is 83.2 Å². The van der Waals surface area contributed by atoms with Crippen molar-refractivity contribution in [2.75, 3.05) is 79.3 Å². The van der Waals surface area contributed by atoms with Crippen molar-refractivity contribution in [3.8, 4) is 34.5 Å². The molecule has 6 saturated heterocycles. The van der Waals surface area contributed by atoms with E-state index in [0.29, 0.717) is 65.7 Å². The van der Waals surface area contributed by atoms with E-state index in [1.54, 1.807) is 0 Å². The fourth-order valence-corrected chi connectivity index (χ4v) is 10.3. The van der Waals surface area contributed by atoms with E-state index in [1.165, 1.54) is 33.4 Å². The highest BCUT2D eigenvalue weighted by atomic mass is 16.6. The van der Waals surface area contributed by atoms with E-state index in [2.05, 4.69) is 163 Å². The normalized spacial score (nSPS) is 21.9. The second kappa shape index (κ2) is 21.6. The van der Waals surface area contributed by atoms with Gasteiger partial charge in [0.1, 0.15) is 111 Å². The molecule has 6 fully saturated rings. The van der Waals surface area contributed by atoms with Crippen LogP contribution in [0.2, 0.25) is 0 Å². The molecular weight excluding hydrogens is 973 g/mol. The van der Waals surface area contributed by atoms with Gasteiger partial charge in [0, 0.05) is 22.7 Å². The van der Waals surface area contributed by atoms with Gasteiger partial charge >= 0.3 is 0 Å². The Bertz CT molecular complexity index is 3010. The van der Waals surface area contributed by atoms with Crippen LogP contribution >= 0.6 is 0 Å². The predicted molar refractivity (Wildman–Crippen MR) is 292 cm³/mol. The third kappa shape index (κ3) is 12.9. The van der Waals surface area contributed by atoms with E-state index in [4.69, 9.17) is 56.8 Å². The molecule has 6 atom stereocenters. The lowest BCUT2D eigenvalue weighted by Gasteiger charge is -2.32. The van der Waals surface area contributed by atoms with Gasteiger partial charge in [0.2, 0.25) is 0 Å². The van der Waals surface area contributed by atoms with Gasteiger partial charge in [0.25, 0.3) is 0 Å². The molecule has 6 unspecified atom stereocenters. The van der Waals surface area contributed by atoms with Crippen molar-refractivity contribution < 1.29 is 56.8 Å². The van der Waals surface area contributed by atoms with Crippen LogP contribution in [0.5, 0.6) is 34.5 Å². The summed E-state index contributed by atoms with van der Waals surface area (Å²) in [6.45, 7) is 21.3. The molecule has 77 heavy (non-hydrogen) atoms. The number of ether oxygens (including phenoxy) is 12. The van der Waals surface area contributed by atoms with Crippen molar-refractivity contribution >= 4 is 0 Å². The van der Waals surface area contributed by atoms with Gasteiger partial charge in [-0.25, -0.2) is 0 Å². The molecule has 6 aromatic rings. The SMILES string of the molecule is CC(C)(c1ccc(OCC2CO2)cc1)c1ccc(OCC2CO2)c(Cc2cc(C(C)(C)c3ccc(OCC4CO4)cc3Cc3cc(OCC4CO4)ccc3C(C)(C)c3ccc(OCC4CO4)cc3)ccc2OCC2CO2)c1. The first-order valence-corrected chi connectivity index (χ1v) is 27.5. The molecule has 6 aliphatic rings. The average molecular weight is 1050 g/mol. The molecule has 0 aromatic heterocycles. The molecule has 404 valence electrons. The molecule has 0 spiro atoms. The summed E-state index contributed by atoms with van der Waals surface area (Å²) in [6, 6.07) is 43.5. The summed E-state index contributed by atoms with van der Waals surface area (Å²) in [5.41, 5.74) is 10.4. The molecule has 0 aliphatic carbocycles. The molecule has 0 saturated carbocycles. The lowest BCUT2D eigenvalue weighted by molar-refractivity contribution is 0.259. The standard InChI is InChI=1S/C65H72O12/c1-63(2,45-7-13-49(14-8-45)66-29-53-33-70-53)47-11-21-61(76-39-57-37-74-57)43(25-47)24-44-26-48(12-22-62(44)77-40-58-38-75-58)65(5,6)60-20-18-52(69-32-56-36-73-56)28-42(60)23-41-27-51(68-31-55-35-72-55)17-19-59(41)64(3,4)46-9-15-50(16-10-46)67-30-54-34-71-54/h7-22,25-28,53-58H,23-24,29-40H2,1-6H3. The Morgan fingerprint density at radius 1 is 0.312 bits per heavy atom. The fraction of sp³-hybridized carbons (Fsp3) is 0.446. The van der Waals surface area contributed by atoms with Crippen LogP contribution in [0, 0.1) is 0 Å². The zero-order chi connectivity index (χ0) is 52.7. The summed E-state index contributed by atoms with van der Waals surface area (Å²) in [5, 5.41) is 0. The summed E-state index contributed by atoms with van der Waals surface area (Å²) >= 11 is 0. The minimum atomic E-state index is -0.483. The average Bonchev–Trinajstić information content (AvgIpc) is 4.24. The largest absolute Gasteiger partial charge is 0.491 e. The Hall–Kier alpha value is -6.12. The van der Waals surface area contributed by atoms with Gasteiger partial charge in [0.15, 0.2) is 0 Å². The van der Waals surface area contributed by atoms with Crippen molar-refractivity contribution in [2.24, 2.45) is 0 Å². The van der Waals surface area contributed by atoms with E-state index in [-0.39, 0.29) is 47.5 Å². The van der Waals surface area contributed by atoms with Crippen LogP contribution in [0.15, 0.2) is 121 Å². The lowest BCUT2D eigenvalue weighted by atomic mass is 9.72. The molecule has 12 nitrogen and oxygen atoms in total. The number of epoxide rings is 6. The molecule has 6 aliphatic heterocycles. The van der Waals surface area contributed by atoms with Crippen LogP contribution in [0.4, 0.5) is 0 Å². The van der Waals surface area contributed by atoms with Crippen molar-refractivity contribution in [1.29, 1.82) is 0 Å². The van der Waals surface area contributed by atoms with Crippen molar-refractivity contribution in [3.05, 3.63) is 177 Å². The zero-order valence-corrected chi connectivity index (χ0v) is 45.3. The summed E-state index contributed by atoms with van der Waals surface area (Å²) in [4.78, 5) is 0. The quantitative estimate of drug-likeness (QED) is 0.0434. The maximum absolute atomic E-state index is 6.64. The fourth-order valence-electron chi connectivity index (χ4n) is 10.3. The minimum Gasteiger partial charge on any atom is -0.491 e. The summed E-state index contributed by atoms with van der Waals surface area (Å²) in [5.74, 6) is 4.98. The van der Waals surface area contributed by atoms with Gasteiger partial charge in [-0.3, -0.25) is 0 Å². The molecule has 6 heterocycles. The predicted octanol–water partition coefficient (Wildman–Crippen LogP) is 10.5. The van der Waals surface area contributed by atoms with Gasteiger partial charge in [-0.1, -0.05) is 102 Å². The Labute approximate surface area is 453 Å². The van der Waals surface area contributed by atoms with Gasteiger partial charge in [-0.15, -0.1) is 0 Å². The molecule has 0 amide bonds. The van der Waals surface area contributed by atoms with Gasteiger partial charge < -0.3 is 56.8 Å². The molecular formula is C65H72O12. The Morgan fingerprint density at radius 3 is 0.974 bits per heavy atom. The molecule has 0 N–H and O–H groups in total. The zero-order valence-electron chi connectivity index (χ0n) is 45.3. The topological polar surface area (TPSA) is 131 Å². The van der Waals surface area contributed by atoms with Crippen molar-refractivity contribution in [2.45, 2.75) is 107 Å². The summed E-state index contributed by atoms with van der Waals surface area (Å²) in [6.07, 6.45) is 2.05. The molecule has 12 heteroatoms. The smallest absolute Gasteiger partial charge is 0.122 e. The number of hydrogen-bond donors (Lipinski definition) is 0. The van der Waals surface area contributed by atoms with Crippen LogP contribution in [0.1, 0.15) is 97.2 Å². The maximum Gasteiger partial charge on any atom is 0.122 e.